The quantitative estimate of drug-likeness (QED) is 0.209. The van der Waals surface area contributed by atoms with Gasteiger partial charge in [0, 0.05) is 11.6 Å². The molecule has 35 heavy (non-hydrogen) atoms. The lowest BCUT2D eigenvalue weighted by Crippen LogP contribution is -2.41. The van der Waals surface area contributed by atoms with Crippen LogP contribution in [0, 0.1) is 0 Å². The van der Waals surface area contributed by atoms with E-state index < -0.39 is 6.04 Å². The van der Waals surface area contributed by atoms with Crippen LogP contribution in [0.2, 0.25) is 0 Å². The first kappa shape index (κ1) is 26.5. The first-order valence-corrected chi connectivity index (χ1v) is 12.4. The maximum atomic E-state index is 12.6. The van der Waals surface area contributed by atoms with Crippen molar-refractivity contribution in [1.82, 2.24) is 16.3 Å². The van der Waals surface area contributed by atoms with Gasteiger partial charge in [-0.15, -0.1) is 0 Å². The SMILES string of the molecule is CCCCCCCCOc1ccc(C2CC(C(=O)N/N=C/c3cccc(OC)c3OC)NN2)cc1. The van der Waals surface area contributed by atoms with Gasteiger partial charge in [0.15, 0.2) is 11.5 Å². The number of hydrazine groups is 1. The smallest absolute Gasteiger partial charge is 0.258 e. The van der Waals surface area contributed by atoms with E-state index in [2.05, 4.69) is 28.3 Å². The van der Waals surface area contributed by atoms with Gasteiger partial charge in [0.25, 0.3) is 5.91 Å². The second kappa shape index (κ2) is 14.3. The molecule has 190 valence electrons. The Morgan fingerprint density at radius 3 is 2.54 bits per heavy atom. The van der Waals surface area contributed by atoms with Gasteiger partial charge >= 0.3 is 0 Å². The molecule has 1 saturated heterocycles. The number of methoxy groups -OCH3 is 2. The number of benzene rings is 2. The Morgan fingerprint density at radius 2 is 1.80 bits per heavy atom. The Morgan fingerprint density at radius 1 is 1.03 bits per heavy atom. The van der Waals surface area contributed by atoms with Crippen LogP contribution >= 0.6 is 0 Å². The van der Waals surface area contributed by atoms with Gasteiger partial charge in [0.1, 0.15) is 11.8 Å². The predicted molar refractivity (Wildman–Crippen MR) is 138 cm³/mol. The number of nitrogens with one attached hydrogen (secondary N) is 3. The number of carbonyl (C=O) groups is 1. The predicted octanol–water partition coefficient (Wildman–Crippen LogP) is 4.50. The summed E-state index contributed by atoms with van der Waals surface area (Å²) in [6, 6.07) is 13.2. The summed E-state index contributed by atoms with van der Waals surface area (Å²) in [6.07, 6.45) is 9.65. The molecule has 1 amide bonds. The van der Waals surface area contributed by atoms with Crippen LogP contribution in [0.15, 0.2) is 47.6 Å². The summed E-state index contributed by atoms with van der Waals surface area (Å²) in [5.41, 5.74) is 10.7. The third kappa shape index (κ3) is 7.97. The lowest BCUT2D eigenvalue weighted by atomic mass is 10.0. The molecule has 2 unspecified atom stereocenters. The summed E-state index contributed by atoms with van der Waals surface area (Å²) in [5.74, 6) is 1.83. The monoisotopic (exact) mass is 482 g/mol. The van der Waals surface area contributed by atoms with E-state index in [0.29, 0.717) is 23.5 Å². The number of amides is 1. The van der Waals surface area contributed by atoms with E-state index >= 15 is 0 Å². The van der Waals surface area contributed by atoms with Gasteiger partial charge in [0.05, 0.1) is 27.0 Å². The number of carbonyl (C=O) groups excluding carboxylic acids is 1. The Bertz CT molecular complexity index is 949. The largest absolute Gasteiger partial charge is 0.494 e. The van der Waals surface area contributed by atoms with Crippen LogP contribution < -0.4 is 30.5 Å². The highest BCUT2D eigenvalue weighted by molar-refractivity contribution is 5.87. The minimum absolute atomic E-state index is 0.0285. The van der Waals surface area contributed by atoms with Crippen molar-refractivity contribution < 1.29 is 19.0 Å². The van der Waals surface area contributed by atoms with Crippen LogP contribution in [0.5, 0.6) is 17.2 Å². The van der Waals surface area contributed by atoms with Crippen molar-refractivity contribution in [2.75, 3.05) is 20.8 Å². The molecule has 0 aromatic heterocycles. The first-order chi connectivity index (χ1) is 17.2. The number of unbranched alkanes of at least 4 members (excludes halogenated alkanes) is 5. The number of hydrogen-bond donors (Lipinski definition) is 3. The molecule has 0 spiro atoms. The highest BCUT2D eigenvalue weighted by Gasteiger charge is 2.30. The Kier molecular flexibility index (Phi) is 10.9. The average Bonchev–Trinajstić information content (AvgIpc) is 3.39. The van der Waals surface area contributed by atoms with E-state index in [-0.39, 0.29) is 11.9 Å². The van der Waals surface area contributed by atoms with Gasteiger partial charge in [-0.05, 0) is 42.7 Å². The number of ether oxygens (including phenoxy) is 3. The number of hydrazone groups is 1. The third-order valence-corrected chi connectivity index (χ3v) is 6.08. The normalized spacial score (nSPS) is 17.5. The standard InChI is InChI=1S/C27H38N4O4/c1-4-5-6-7-8-9-17-35-22-15-13-20(14-16-22)23-18-24(30-29-23)27(32)31-28-19-21-11-10-12-25(33-2)26(21)34-3/h10-16,19,23-24,29-30H,4-9,17-18H2,1-3H3,(H,31,32)/b28-19+. The molecule has 8 heteroatoms. The van der Waals surface area contributed by atoms with E-state index in [1.807, 2.05) is 36.4 Å². The Balaban J connectivity index is 1.42. The Hall–Kier alpha value is -3.10. The van der Waals surface area contributed by atoms with Gasteiger partial charge in [-0.1, -0.05) is 57.2 Å². The molecular formula is C27H38N4O4. The molecule has 1 aliphatic heterocycles. The molecule has 2 aromatic rings. The second-order valence-corrected chi connectivity index (χ2v) is 8.63. The Labute approximate surface area is 208 Å². The zero-order valence-corrected chi connectivity index (χ0v) is 21.0. The van der Waals surface area contributed by atoms with Crippen molar-refractivity contribution in [2.24, 2.45) is 5.10 Å². The summed E-state index contributed by atoms with van der Waals surface area (Å²) >= 11 is 0. The summed E-state index contributed by atoms with van der Waals surface area (Å²) < 4.78 is 16.5. The molecule has 0 bridgehead atoms. The van der Waals surface area contributed by atoms with Gasteiger partial charge in [-0.2, -0.15) is 5.10 Å². The summed E-state index contributed by atoms with van der Waals surface area (Å²) in [5, 5.41) is 4.09. The third-order valence-electron chi connectivity index (χ3n) is 6.08. The van der Waals surface area contributed by atoms with Gasteiger partial charge in [0.2, 0.25) is 0 Å². The van der Waals surface area contributed by atoms with Crippen molar-refractivity contribution >= 4 is 12.1 Å². The topological polar surface area (TPSA) is 93.2 Å². The van der Waals surface area contributed by atoms with Crippen LogP contribution in [0.3, 0.4) is 0 Å². The van der Waals surface area contributed by atoms with E-state index in [4.69, 9.17) is 14.2 Å². The number of rotatable bonds is 14. The van der Waals surface area contributed by atoms with Crippen molar-refractivity contribution in [1.29, 1.82) is 0 Å². The zero-order valence-electron chi connectivity index (χ0n) is 21.0. The van der Waals surface area contributed by atoms with Crippen molar-refractivity contribution in [3.63, 3.8) is 0 Å². The second-order valence-electron chi connectivity index (χ2n) is 8.63. The molecule has 3 N–H and O–H groups in total. The summed E-state index contributed by atoms with van der Waals surface area (Å²) in [7, 11) is 3.14. The maximum absolute atomic E-state index is 12.6. The van der Waals surface area contributed by atoms with Crippen molar-refractivity contribution in [3.05, 3.63) is 53.6 Å². The van der Waals surface area contributed by atoms with Crippen LogP contribution in [0.1, 0.15) is 69.0 Å². The zero-order chi connectivity index (χ0) is 24.9. The minimum atomic E-state index is -0.395. The molecule has 0 aliphatic carbocycles. The molecule has 1 aliphatic rings. The molecule has 1 fully saturated rings. The molecule has 3 rings (SSSR count). The lowest BCUT2D eigenvalue weighted by Gasteiger charge is -2.11. The molecule has 1 heterocycles. The molecule has 8 nitrogen and oxygen atoms in total. The highest BCUT2D eigenvalue weighted by atomic mass is 16.5. The fraction of sp³-hybridized carbons (Fsp3) is 0.481. The van der Waals surface area contributed by atoms with Crippen LogP contribution in [0.25, 0.3) is 0 Å². The minimum Gasteiger partial charge on any atom is -0.494 e. The van der Waals surface area contributed by atoms with Gasteiger partial charge < -0.3 is 14.2 Å². The number of hydrogen-bond acceptors (Lipinski definition) is 7. The van der Waals surface area contributed by atoms with Crippen molar-refractivity contribution in [2.45, 2.75) is 64.0 Å². The van der Waals surface area contributed by atoms with E-state index in [1.165, 1.54) is 32.1 Å². The first-order valence-electron chi connectivity index (χ1n) is 12.4. The fourth-order valence-corrected chi connectivity index (χ4v) is 4.07. The molecule has 0 saturated carbocycles. The van der Waals surface area contributed by atoms with Crippen molar-refractivity contribution in [3.8, 4) is 17.2 Å². The van der Waals surface area contributed by atoms with Gasteiger partial charge in [-0.25, -0.2) is 16.3 Å². The number of para-hydroxylation sites is 1. The van der Waals surface area contributed by atoms with Crippen LogP contribution in [0.4, 0.5) is 0 Å². The summed E-state index contributed by atoms with van der Waals surface area (Å²) in [4.78, 5) is 12.6. The molecular weight excluding hydrogens is 444 g/mol. The van der Waals surface area contributed by atoms with Crippen LogP contribution in [-0.4, -0.2) is 39.0 Å². The maximum Gasteiger partial charge on any atom is 0.258 e. The van der Waals surface area contributed by atoms with Gasteiger partial charge in [-0.3, -0.25) is 4.79 Å². The van der Waals surface area contributed by atoms with E-state index in [1.54, 1.807) is 26.5 Å². The highest BCUT2D eigenvalue weighted by Crippen LogP contribution is 2.29. The number of nitrogens with zero attached hydrogens (tertiary/aromatic N) is 1. The lowest BCUT2D eigenvalue weighted by molar-refractivity contribution is -0.122. The molecule has 2 atom stereocenters. The van der Waals surface area contributed by atoms with Crippen LogP contribution in [-0.2, 0) is 4.79 Å². The summed E-state index contributed by atoms with van der Waals surface area (Å²) in [6.45, 7) is 2.98. The molecule has 0 radical (unpaired) electrons. The average molecular weight is 483 g/mol. The molecule has 2 aromatic carbocycles. The van der Waals surface area contributed by atoms with E-state index in [0.717, 1.165) is 24.3 Å². The fourth-order valence-electron chi connectivity index (χ4n) is 4.07. The van der Waals surface area contributed by atoms with E-state index in [9.17, 15) is 4.79 Å².